The van der Waals surface area contributed by atoms with Gasteiger partial charge in [-0.05, 0) is 55.0 Å². The maximum Gasteiger partial charge on any atom is 0.294 e. The molecule has 0 unspecified atom stereocenters. The Morgan fingerprint density at radius 1 is 1.19 bits per heavy atom. The highest BCUT2D eigenvalue weighted by Crippen LogP contribution is 2.31. The second-order valence-corrected chi connectivity index (χ2v) is 8.88. The molecule has 1 N–H and O–H groups in total. The molecule has 15 heteroatoms. The molecule has 3 aromatic rings. The summed E-state index contributed by atoms with van der Waals surface area (Å²) in [7, 11) is -3.01. The molecule has 0 radical (unpaired) electrons. The number of aromatic nitrogens is 2. The molecule has 0 atom stereocenters. The maximum absolute atomic E-state index is 14.2. The first-order chi connectivity index (χ1) is 17.0. The number of halogens is 3. The highest BCUT2D eigenvalue weighted by Gasteiger charge is 2.21. The largest absolute Gasteiger partial charge is 0.494 e. The zero-order chi connectivity index (χ0) is 26.5. The first kappa shape index (κ1) is 26.5. The third kappa shape index (κ3) is 6.29. The van der Waals surface area contributed by atoms with Crippen LogP contribution in [0.5, 0.6) is 5.75 Å². The lowest BCUT2D eigenvalue weighted by atomic mass is 10.1. The maximum atomic E-state index is 14.2. The Balaban J connectivity index is 1.84. The zero-order valence-electron chi connectivity index (χ0n) is 18.6. The first-order valence-electron chi connectivity index (χ1n) is 10.2. The summed E-state index contributed by atoms with van der Waals surface area (Å²) in [5.74, 6) is -1.66. The van der Waals surface area contributed by atoms with Crippen LogP contribution >= 0.6 is 0 Å². The molecule has 1 aromatic heterocycles. The van der Waals surface area contributed by atoms with Crippen LogP contribution in [0.2, 0.25) is 0 Å². The van der Waals surface area contributed by atoms with E-state index in [1.54, 1.807) is 0 Å². The normalized spacial score (nSPS) is 11.4. The minimum absolute atomic E-state index is 0.0409. The van der Waals surface area contributed by atoms with Crippen LogP contribution < -0.4 is 9.46 Å². The van der Waals surface area contributed by atoms with Gasteiger partial charge in [-0.3, -0.25) is 4.79 Å². The molecular weight excluding hydrogens is 509 g/mol. The molecule has 3 rings (SSSR count). The number of rotatable bonds is 11. The van der Waals surface area contributed by atoms with Crippen LogP contribution in [0.1, 0.15) is 25.0 Å². The van der Waals surface area contributed by atoms with Crippen LogP contribution in [-0.4, -0.2) is 42.9 Å². The highest BCUT2D eigenvalue weighted by atomic mass is 32.2. The zero-order valence-corrected chi connectivity index (χ0v) is 19.4. The Bertz CT molecular complexity index is 1360. The van der Waals surface area contributed by atoms with E-state index in [2.05, 4.69) is 9.94 Å². The number of nitrogens with zero attached hydrogens (tertiary/aromatic N) is 3. The van der Waals surface area contributed by atoms with Gasteiger partial charge in [0, 0.05) is 12.0 Å². The number of alkyl halides is 2. The molecule has 0 aliphatic rings. The Morgan fingerprint density at radius 2 is 1.89 bits per heavy atom. The van der Waals surface area contributed by atoms with Gasteiger partial charge in [0.05, 0.1) is 30.0 Å². The van der Waals surface area contributed by atoms with Crippen molar-refractivity contribution >= 4 is 15.9 Å². The summed E-state index contributed by atoms with van der Waals surface area (Å²) < 4.78 is 73.6. The smallest absolute Gasteiger partial charge is 0.294 e. The second kappa shape index (κ2) is 11.1. The lowest BCUT2D eigenvalue weighted by Gasteiger charge is -2.11. The van der Waals surface area contributed by atoms with E-state index in [9.17, 15) is 36.5 Å². The number of carbonyl (C=O) groups excluding carboxylic acids is 1. The summed E-state index contributed by atoms with van der Waals surface area (Å²) >= 11 is 0. The topological polar surface area (TPSA) is 143 Å². The van der Waals surface area contributed by atoms with Crippen LogP contribution in [-0.2, 0) is 19.7 Å². The molecule has 11 nitrogen and oxygen atoms in total. The fourth-order valence-electron chi connectivity index (χ4n) is 3.13. The number of ether oxygens (including phenoxy) is 1. The number of methoxy groups -OCH3 is 1. The molecule has 192 valence electrons. The third-order valence-corrected chi connectivity index (χ3v) is 6.17. The van der Waals surface area contributed by atoms with Crippen molar-refractivity contribution in [1.29, 1.82) is 0 Å². The molecule has 0 aliphatic carbocycles. The Hall–Kier alpha value is -4.14. The van der Waals surface area contributed by atoms with Crippen molar-refractivity contribution < 1.29 is 41.0 Å². The minimum atomic E-state index is -4.28. The van der Waals surface area contributed by atoms with Crippen molar-refractivity contribution in [3.63, 3.8) is 0 Å². The van der Waals surface area contributed by atoms with Crippen LogP contribution in [0.3, 0.4) is 0 Å². The van der Waals surface area contributed by atoms with Gasteiger partial charge < -0.3 is 9.57 Å². The quantitative estimate of drug-likeness (QED) is 0.227. The monoisotopic (exact) mass is 528 g/mol. The van der Waals surface area contributed by atoms with Crippen molar-refractivity contribution in [3.8, 4) is 22.7 Å². The van der Waals surface area contributed by atoms with E-state index in [0.29, 0.717) is 0 Å². The molecule has 0 aliphatic heterocycles. The third-order valence-electron chi connectivity index (χ3n) is 4.78. The fourth-order valence-corrected chi connectivity index (χ4v) is 4.15. The summed E-state index contributed by atoms with van der Waals surface area (Å²) in [6.45, 7) is -0.375. The van der Waals surface area contributed by atoms with Gasteiger partial charge in [0.25, 0.3) is 21.5 Å². The summed E-state index contributed by atoms with van der Waals surface area (Å²) in [6.07, 6.45) is -3.34. The lowest BCUT2D eigenvalue weighted by molar-refractivity contribution is -0.757. The van der Waals surface area contributed by atoms with E-state index >= 15 is 0 Å². The van der Waals surface area contributed by atoms with Crippen LogP contribution in [0.4, 0.5) is 13.2 Å². The Morgan fingerprint density at radius 3 is 2.47 bits per heavy atom. The fraction of sp³-hybridized carbons (Fsp3) is 0.238. The van der Waals surface area contributed by atoms with Gasteiger partial charge in [-0.15, -0.1) is 10.1 Å². The number of hydrogen-bond donors (Lipinski definition) is 1. The highest BCUT2D eigenvalue weighted by molar-refractivity contribution is 7.90. The van der Waals surface area contributed by atoms with E-state index in [-0.39, 0.29) is 47.0 Å². The Labute approximate surface area is 202 Å². The van der Waals surface area contributed by atoms with Crippen LogP contribution in [0.15, 0.2) is 53.4 Å². The number of hydrogen-bond acceptors (Lipinski definition) is 8. The van der Waals surface area contributed by atoms with Gasteiger partial charge in [-0.2, -0.15) is 5.10 Å². The Kier molecular flexibility index (Phi) is 8.14. The molecule has 0 saturated heterocycles. The molecule has 1 amide bonds. The van der Waals surface area contributed by atoms with E-state index in [1.165, 1.54) is 31.4 Å². The van der Waals surface area contributed by atoms with E-state index in [1.807, 2.05) is 4.72 Å². The molecule has 0 spiro atoms. The van der Waals surface area contributed by atoms with Gasteiger partial charge in [-0.25, -0.2) is 31.0 Å². The molecule has 1 heterocycles. The first-order valence-corrected chi connectivity index (χ1v) is 11.7. The number of carbonyl (C=O) groups is 1. The molecular formula is C21H19F3N4O7S. The van der Waals surface area contributed by atoms with Gasteiger partial charge in [0.15, 0.2) is 11.6 Å². The average Bonchev–Trinajstić information content (AvgIpc) is 3.27. The van der Waals surface area contributed by atoms with E-state index in [4.69, 9.17) is 4.74 Å². The molecule has 2 aromatic carbocycles. The number of amides is 1. The molecule has 0 fully saturated rings. The summed E-state index contributed by atoms with van der Waals surface area (Å²) in [5, 5.41) is 12.9. The summed E-state index contributed by atoms with van der Waals surface area (Å²) in [6, 6.07) is 9.75. The predicted molar refractivity (Wildman–Crippen MR) is 118 cm³/mol. The molecule has 0 saturated carbocycles. The van der Waals surface area contributed by atoms with E-state index < -0.39 is 39.0 Å². The van der Waals surface area contributed by atoms with Gasteiger partial charge in [-0.1, -0.05) is 0 Å². The average molecular weight is 528 g/mol. The number of benzene rings is 2. The number of nitrogens with one attached hydrogen (secondary N) is 1. The lowest BCUT2D eigenvalue weighted by Crippen LogP contribution is -2.30. The van der Waals surface area contributed by atoms with Gasteiger partial charge in [0.1, 0.15) is 5.69 Å². The second-order valence-electron chi connectivity index (χ2n) is 7.20. The van der Waals surface area contributed by atoms with Crippen molar-refractivity contribution in [2.75, 3.05) is 13.7 Å². The van der Waals surface area contributed by atoms with E-state index in [0.717, 1.165) is 28.9 Å². The van der Waals surface area contributed by atoms with Crippen LogP contribution in [0, 0.1) is 15.9 Å². The summed E-state index contributed by atoms with van der Waals surface area (Å²) in [5.41, 5.74) is -0.0491. The molecule has 0 bridgehead atoms. The van der Waals surface area contributed by atoms with Crippen molar-refractivity contribution in [2.45, 2.75) is 24.2 Å². The van der Waals surface area contributed by atoms with Gasteiger partial charge >= 0.3 is 0 Å². The predicted octanol–water partition coefficient (Wildman–Crippen LogP) is 3.42. The summed E-state index contributed by atoms with van der Waals surface area (Å²) in [4.78, 5) is 25.7. The van der Waals surface area contributed by atoms with Crippen LogP contribution in [0.25, 0.3) is 16.9 Å². The number of sulfonamides is 1. The minimum Gasteiger partial charge on any atom is -0.494 e. The standard InChI is InChI=1S/C21H19F3N4O7S/c1-34-19-9-4-13(11-16(19)22)18-12-17(21(23)24)25-27(18)14-5-7-15(8-6-14)36(32,33)26-20(29)3-2-10-35-28(30)31/h4-9,11-12,21H,2-3,10H2,1H3,(H,26,29). The SMILES string of the molecule is COc1ccc(-c2cc(C(F)F)nn2-c2ccc(S(=O)(=O)NC(=O)CCCO[N+](=O)[O-])cc2)cc1F. The van der Waals surface area contributed by atoms with Gasteiger partial charge in [0.2, 0.25) is 5.91 Å². The van der Waals surface area contributed by atoms with Crippen molar-refractivity contribution in [3.05, 3.63) is 70.2 Å². The van der Waals surface area contributed by atoms with Crippen molar-refractivity contribution in [2.24, 2.45) is 0 Å². The molecule has 36 heavy (non-hydrogen) atoms. The van der Waals surface area contributed by atoms with Crippen molar-refractivity contribution in [1.82, 2.24) is 14.5 Å².